The normalized spacial score (nSPS) is 15.7. The number of nitrogens with one attached hydrogen (secondary N) is 2. The van der Waals surface area contributed by atoms with Crippen LogP contribution in [0.25, 0.3) is 0 Å². The van der Waals surface area contributed by atoms with E-state index in [1.807, 2.05) is 0 Å². The van der Waals surface area contributed by atoms with Crippen molar-refractivity contribution in [2.24, 2.45) is 0 Å². The Labute approximate surface area is 161 Å². The van der Waals surface area contributed by atoms with E-state index in [1.54, 1.807) is 31.2 Å². The van der Waals surface area contributed by atoms with E-state index >= 15 is 0 Å². The van der Waals surface area contributed by atoms with E-state index in [4.69, 9.17) is 11.6 Å². The lowest BCUT2D eigenvalue weighted by atomic mass is 9.95. The topological polar surface area (TPSA) is 104 Å². The number of carbonyl (C=O) groups is 1. The second kappa shape index (κ2) is 7.54. The predicted molar refractivity (Wildman–Crippen MR) is 103 cm³/mol. The van der Waals surface area contributed by atoms with Crippen LogP contribution in [0.3, 0.4) is 0 Å². The van der Waals surface area contributed by atoms with E-state index in [1.165, 1.54) is 18.2 Å². The first-order valence-electron chi connectivity index (χ1n) is 8.58. The maximum absolute atomic E-state index is 12.1. The Kier molecular flexibility index (Phi) is 5.34. The quantitative estimate of drug-likeness (QED) is 0.497. The van der Waals surface area contributed by atoms with Crippen molar-refractivity contribution in [3.8, 4) is 0 Å². The van der Waals surface area contributed by atoms with Crippen LogP contribution in [-0.4, -0.2) is 28.5 Å². The molecule has 1 amide bonds. The number of nitro groups is 1. The molecule has 0 aromatic heterocycles. The van der Waals surface area contributed by atoms with Gasteiger partial charge in [0.1, 0.15) is 11.3 Å². The highest BCUT2D eigenvalue weighted by Crippen LogP contribution is 2.31. The number of benzene rings is 2. The molecule has 7 nitrogen and oxygen atoms in total. The van der Waals surface area contributed by atoms with Gasteiger partial charge in [-0.05, 0) is 38.0 Å². The third-order valence-corrected chi connectivity index (χ3v) is 4.78. The Balaban J connectivity index is 1.78. The maximum atomic E-state index is 12.1. The Morgan fingerprint density at radius 2 is 2.04 bits per heavy atom. The zero-order valence-corrected chi connectivity index (χ0v) is 15.5. The van der Waals surface area contributed by atoms with E-state index in [9.17, 15) is 20.0 Å². The highest BCUT2D eigenvalue weighted by molar-refractivity contribution is 6.31. The maximum Gasteiger partial charge on any atom is 0.293 e. The van der Waals surface area contributed by atoms with Crippen LogP contribution < -0.4 is 10.6 Å². The highest BCUT2D eigenvalue weighted by atomic mass is 35.5. The molecule has 0 saturated heterocycles. The number of rotatable bonds is 7. The molecule has 1 aliphatic carbocycles. The number of hydrogen-bond donors (Lipinski definition) is 3. The molecule has 1 atom stereocenters. The molecule has 2 aromatic rings. The summed E-state index contributed by atoms with van der Waals surface area (Å²) in [5, 5.41) is 28.3. The standard InChI is InChI=1S/C19H20ClN3O4/c1-19(25,14-4-2-3-5-15(14)20)11-21-16-9-6-12(10-17(16)23(26)27)18(24)22-13-7-8-13/h2-6,9-10,13,21,25H,7-8,11H2,1H3,(H,22,24). The van der Waals surface area contributed by atoms with E-state index in [2.05, 4.69) is 10.6 Å². The lowest BCUT2D eigenvalue weighted by Gasteiger charge is -2.25. The molecule has 2 aromatic carbocycles. The van der Waals surface area contributed by atoms with Crippen molar-refractivity contribution in [2.75, 3.05) is 11.9 Å². The zero-order chi connectivity index (χ0) is 19.6. The summed E-state index contributed by atoms with van der Waals surface area (Å²) in [5.41, 5.74) is -0.600. The second-order valence-corrected chi connectivity index (χ2v) is 7.25. The third kappa shape index (κ3) is 4.56. The first kappa shape index (κ1) is 19.1. The van der Waals surface area contributed by atoms with Gasteiger partial charge < -0.3 is 15.7 Å². The number of nitrogens with zero attached hydrogens (tertiary/aromatic N) is 1. The molecular weight excluding hydrogens is 370 g/mol. The molecule has 1 unspecified atom stereocenters. The van der Waals surface area contributed by atoms with E-state index in [0.717, 1.165) is 12.8 Å². The molecule has 1 fully saturated rings. The monoisotopic (exact) mass is 389 g/mol. The highest BCUT2D eigenvalue weighted by Gasteiger charge is 2.28. The fourth-order valence-corrected chi connectivity index (χ4v) is 3.07. The molecule has 0 radical (unpaired) electrons. The van der Waals surface area contributed by atoms with Gasteiger partial charge in [0.15, 0.2) is 0 Å². The fourth-order valence-electron chi connectivity index (χ4n) is 2.73. The Morgan fingerprint density at radius 3 is 2.67 bits per heavy atom. The predicted octanol–water partition coefficient (Wildman–Crippen LogP) is 3.46. The van der Waals surface area contributed by atoms with Gasteiger partial charge in [-0.15, -0.1) is 0 Å². The first-order valence-corrected chi connectivity index (χ1v) is 8.96. The summed E-state index contributed by atoms with van der Waals surface area (Å²) >= 11 is 6.13. The molecule has 3 N–H and O–H groups in total. The van der Waals surface area contributed by atoms with Crippen molar-refractivity contribution in [1.29, 1.82) is 0 Å². The summed E-state index contributed by atoms with van der Waals surface area (Å²) in [6.45, 7) is 1.58. The number of aliphatic hydroxyl groups is 1. The summed E-state index contributed by atoms with van der Waals surface area (Å²) in [6.07, 6.45) is 1.87. The van der Waals surface area contributed by atoms with Crippen LogP contribution in [0.5, 0.6) is 0 Å². The van der Waals surface area contributed by atoms with Crippen LogP contribution in [0.15, 0.2) is 42.5 Å². The lowest BCUT2D eigenvalue weighted by Crippen LogP contribution is -2.31. The molecule has 8 heteroatoms. The van der Waals surface area contributed by atoms with Gasteiger partial charge in [0.25, 0.3) is 11.6 Å². The van der Waals surface area contributed by atoms with Crippen LogP contribution in [-0.2, 0) is 5.60 Å². The number of halogens is 1. The van der Waals surface area contributed by atoms with Crippen molar-refractivity contribution in [1.82, 2.24) is 5.32 Å². The summed E-state index contributed by atoms with van der Waals surface area (Å²) in [5.74, 6) is -0.324. The van der Waals surface area contributed by atoms with E-state index < -0.39 is 10.5 Å². The number of nitro benzene ring substituents is 1. The van der Waals surface area contributed by atoms with Crippen LogP contribution >= 0.6 is 11.6 Å². The first-order chi connectivity index (χ1) is 12.8. The van der Waals surface area contributed by atoms with Crippen molar-refractivity contribution >= 4 is 28.9 Å². The fraction of sp³-hybridized carbons (Fsp3) is 0.316. The minimum Gasteiger partial charge on any atom is -0.384 e. The summed E-state index contributed by atoms with van der Waals surface area (Å²) in [6, 6.07) is 11.3. The average Bonchev–Trinajstić information content (AvgIpc) is 3.44. The van der Waals surface area contributed by atoms with Gasteiger partial charge in [0.05, 0.1) is 4.92 Å². The molecule has 0 bridgehead atoms. The van der Waals surface area contributed by atoms with E-state index in [-0.39, 0.29) is 35.4 Å². The number of hydrogen-bond acceptors (Lipinski definition) is 5. The van der Waals surface area contributed by atoms with Gasteiger partial charge in [0, 0.05) is 34.8 Å². The van der Waals surface area contributed by atoms with Gasteiger partial charge in [0.2, 0.25) is 0 Å². The van der Waals surface area contributed by atoms with Gasteiger partial charge in [-0.3, -0.25) is 14.9 Å². The number of carbonyl (C=O) groups excluding carboxylic acids is 1. The molecule has 3 rings (SSSR count). The van der Waals surface area contributed by atoms with Crippen molar-refractivity contribution in [3.63, 3.8) is 0 Å². The van der Waals surface area contributed by atoms with Crippen molar-refractivity contribution in [2.45, 2.75) is 31.4 Å². The van der Waals surface area contributed by atoms with Crippen LogP contribution in [0.1, 0.15) is 35.7 Å². The van der Waals surface area contributed by atoms with Gasteiger partial charge in [-0.2, -0.15) is 0 Å². The third-order valence-electron chi connectivity index (χ3n) is 4.45. The molecule has 1 saturated carbocycles. The Hall–Kier alpha value is -2.64. The lowest BCUT2D eigenvalue weighted by molar-refractivity contribution is -0.384. The number of anilines is 1. The molecular formula is C19H20ClN3O4. The average molecular weight is 390 g/mol. The van der Waals surface area contributed by atoms with Crippen molar-refractivity contribution < 1.29 is 14.8 Å². The second-order valence-electron chi connectivity index (χ2n) is 6.84. The minimum atomic E-state index is -1.34. The molecule has 27 heavy (non-hydrogen) atoms. The Bertz CT molecular complexity index is 881. The number of amides is 1. The molecule has 0 heterocycles. The van der Waals surface area contributed by atoms with Crippen LogP contribution in [0.4, 0.5) is 11.4 Å². The SMILES string of the molecule is CC(O)(CNc1ccc(C(=O)NC2CC2)cc1[N+](=O)[O-])c1ccccc1Cl. The molecule has 1 aliphatic rings. The van der Waals surface area contributed by atoms with Crippen LogP contribution in [0.2, 0.25) is 5.02 Å². The molecule has 0 spiro atoms. The van der Waals surface area contributed by atoms with Crippen molar-refractivity contribution in [3.05, 3.63) is 68.7 Å². The summed E-state index contributed by atoms with van der Waals surface area (Å²) in [4.78, 5) is 23.0. The van der Waals surface area contributed by atoms with Gasteiger partial charge in [-0.25, -0.2) is 0 Å². The molecule has 142 valence electrons. The minimum absolute atomic E-state index is 0.00515. The van der Waals surface area contributed by atoms with Gasteiger partial charge >= 0.3 is 0 Å². The van der Waals surface area contributed by atoms with E-state index in [0.29, 0.717) is 10.6 Å². The largest absolute Gasteiger partial charge is 0.384 e. The van der Waals surface area contributed by atoms with Crippen LogP contribution in [0, 0.1) is 10.1 Å². The molecule has 0 aliphatic heterocycles. The smallest absolute Gasteiger partial charge is 0.293 e. The summed E-state index contributed by atoms with van der Waals surface area (Å²) in [7, 11) is 0. The summed E-state index contributed by atoms with van der Waals surface area (Å²) < 4.78 is 0. The Morgan fingerprint density at radius 1 is 1.33 bits per heavy atom. The van der Waals surface area contributed by atoms with Gasteiger partial charge in [-0.1, -0.05) is 29.8 Å². The zero-order valence-electron chi connectivity index (χ0n) is 14.7.